The van der Waals surface area contributed by atoms with Gasteiger partial charge in [-0.15, -0.1) is 13.2 Å². The molecule has 0 fully saturated rings. The van der Waals surface area contributed by atoms with Crippen LogP contribution < -0.4 is 15.4 Å². The van der Waals surface area contributed by atoms with Gasteiger partial charge < -0.3 is 15.4 Å². The average Bonchev–Trinajstić information content (AvgIpc) is 3.16. The number of aromatic nitrogens is 1. The summed E-state index contributed by atoms with van der Waals surface area (Å²) in [5.74, 6) is -0.140. The molecule has 0 spiro atoms. The normalized spacial score (nSPS) is 12.8. The average molecular weight is 413 g/mol. The number of hydrogen-bond donors (Lipinski definition) is 2. The van der Waals surface area contributed by atoms with Crippen molar-refractivity contribution in [2.75, 3.05) is 17.2 Å². The molecule has 0 saturated heterocycles. The minimum absolute atomic E-state index is 0.249. The topological polar surface area (TPSA) is 63.2 Å². The number of alkyl halides is 3. The highest BCUT2D eigenvalue weighted by molar-refractivity contribution is 6.06. The molecule has 1 aliphatic rings. The summed E-state index contributed by atoms with van der Waals surface area (Å²) < 4.78 is 41.2. The second kappa shape index (κ2) is 8.06. The molecule has 0 atom stereocenters. The van der Waals surface area contributed by atoms with E-state index in [1.165, 1.54) is 18.2 Å². The largest absolute Gasteiger partial charge is 0.573 e. The van der Waals surface area contributed by atoms with Crippen molar-refractivity contribution in [1.29, 1.82) is 0 Å². The van der Waals surface area contributed by atoms with E-state index in [2.05, 4.69) is 20.4 Å². The van der Waals surface area contributed by atoms with Crippen molar-refractivity contribution in [2.24, 2.45) is 0 Å². The molecule has 0 unspecified atom stereocenters. The zero-order chi connectivity index (χ0) is 21.1. The fourth-order valence-corrected chi connectivity index (χ4v) is 3.48. The molecule has 154 valence electrons. The first kappa shape index (κ1) is 19.8. The van der Waals surface area contributed by atoms with Crippen LogP contribution in [-0.2, 0) is 12.8 Å². The van der Waals surface area contributed by atoms with Crippen LogP contribution in [0, 0.1) is 0 Å². The molecule has 4 rings (SSSR count). The number of ether oxygens (including phenoxy) is 1. The van der Waals surface area contributed by atoms with Crippen LogP contribution in [-0.4, -0.2) is 23.8 Å². The minimum Gasteiger partial charge on any atom is -0.406 e. The molecule has 2 N–H and O–H groups in total. The minimum atomic E-state index is -4.74. The third-order valence-corrected chi connectivity index (χ3v) is 4.72. The SMILES string of the molecule is O=C(Nc1cc(Cc2cccc(OC(F)(F)F)c2)ccn1)c1cccc2c1CCN2. The van der Waals surface area contributed by atoms with E-state index < -0.39 is 6.36 Å². The Balaban J connectivity index is 1.48. The van der Waals surface area contributed by atoms with Gasteiger partial charge in [0.15, 0.2) is 0 Å². The number of hydrogen-bond acceptors (Lipinski definition) is 4. The van der Waals surface area contributed by atoms with E-state index >= 15 is 0 Å². The zero-order valence-corrected chi connectivity index (χ0v) is 15.8. The maximum atomic E-state index is 12.7. The number of benzene rings is 2. The summed E-state index contributed by atoms with van der Waals surface area (Å²) in [6, 6.07) is 14.8. The number of nitrogens with one attached hydrogen (secondary N) is 2. The van der Waals surface area contributed by atoms with Crippen LogP contribution in [0.2, 0.25) is 0 Å². The van der Waals surface area contributed by atoms with Gasteiger partial charge in [-0.1, -0.05) is 18.2 Å². The molecule has 5 nitrogen and oxygen atoms in total. The highest BCUT2D eigenvalue weighted by Gasteiger charge is 2.31. The zero-order valence-electron chi connectivity index (χ0n) is 15.8. The Morgan fingerprint density at radius 1 is 1.10 bits per heavy atom. The Morgan fingerprint density at radius 2 is 1.90 bits per heavy atom. The first-order valence-electron chi connectivity index (χ1n) is 9.34. The van der Waals surface area contributed by atoms with Crippen LogP contribution in [0.4, 0.5) is 24.7 Å². The molecule has 1 amide bonds. The first-order chi connectivity index (χ1) is 14.4. The van der Waals surface area contributed by atoms with Gasteiger partial charge in [-0.05, 0) is 65.9 Å². The number of halogens is 3. The van der Waals surface area contributed by atoms with Gasteiger partial charge in [0.25, 0.3) is 5.91 Å². The van der Waals surface area contributed by atoms with Crippen molar-refractivity contribution in [3.63, 3.8) is 0 Å². The van der Waals surface area contributed by atoms with Gasteiger partial charge in [-0.2, -0.15) is 0 Å². The number of pyridine rings is 1. The molecule has 30 heavy (non-hydrogen) atoms. The number of carbonyl (C=O) groups is 1. The molecule has 1 aromatic heterocycles. The lowest BCUT2D eigenvalue weighted by Gasteiger charge is -2.11. The fraction of sp³-hybridized carbons (Fsp3) is 0.182. The number of nitrogens with zero attached hydrogens (tertiary/aromatic N) is 1. The summed E-state index contributed by atoms with van der Waals surface area (Å²) in [5, 5.41) is 6.04. The van der Waals surface area contributed by atoms with Crippen LogP contribution in [0.1, 0.15) is 27.0 Å². The van der Waals surface area contributed by atoms with Crippen LogP contribution in [0.15, 0.2) is 60.8 Å². The smallest absolute Gasteiger partial charge is 0.406 e. The van der Waals surface area contributed by atoms with Gasteiger partial charge in [0.05, 0.1) is 0 Å². The van der Waals surface area contributed by atoms with Crippen LogP contribution >= 0.6 is 0 Å². The fourth-order valence-electron chi connectivity index (χ4n) is 3.48. The Hall–Kier alpha value is -3.55. The van der Waals surface area contributed by atoms with E-state index in [1.54, 1.807) is 30.5 Å². The second-order valence-corrected chi connectivity index (χ2v) is 6.88. The first-order valence-corrected chi connectivity index (χ1v) is 9.34. The van der Waals surface area contributed by atoms with E-state index in [9.17, 15) is 18.0 Å². The van der Waals surface area contributed by atoms with Crippen LogP contribution in [0.25, 0.3) is 0 Å². The molecule has 0 radical (unpaired) electrons. The number of fused-ring (bicyclic) bond motifs is 1. The van der Waals surface area contributed by atoms with Crippen molar-refractivity contribution in [2.45, 2.75) is 19.2 Å². The summed E-state index contributed by atoms with van der Waals surface area (Å²) in [6.07, 6.45) is -2.04. The summed E-state index contributed by atoms with van der Waals surface area (Å²) >= 11 is 0. The Morgan fingerprint density at radius 3 is 2.73 bits per heavy atom. The monoisotopic (exact) mass is 413 g/mol. The Labute approximate surface area is 170 Å². The van der Waals surface area contributed by atoms with Crippen molar-refractivity contribution in [3.8, 4) is 5.75 Å². The third-order valence-electron chi connectivity index (χ3n) is 4.72. The molecule has 2 heterocycles. The quantitative estimate of drug-likeness (QED) is 0.631. The molecular formula is C22H18F3N3O2. The standard InChI is InChI=1S/C22H18F3N3O2/c23-22(24,25)30-16-4-1-3-14(12-16)11-15-7-9-27-20(13-15)28-21(29)18-5-2-6-19-17(18)8-10-26-19/h1-7,9,12-13,26H,8,10-11H2,(H,27,28,29). The van der Waals surface area contributed by atoms with Gasteiger partial charge >= 0.3 is 6.36 Å². The van der Waals surface area contributed by atoms with Crippen molar-refractivity contribution in [1.82, 2.24) is 4.98 Å². The summed E-state index contributed by atoms with van der Waals surface area (Å²) in [6.45, 7) is 0.796. The van der Waals surface area contributed by atoms with E-state index in [0.717, 1.165) is 29.8 Å². The molecule has 3 aromatic rings. The third kappa shape index (κ3) is 4.71. The second-order valence-electron chi connectivity index (χ2n) is 6.88. The number of anilines is 2. The van der Waals surface area contributed by atoms with Crippen molar-refractivity contribution >= 4 is 17.4 Å². The van der Waals surface area contributed by atoms with E-state index in [-0.39, 0.29) is 11.7 Å². The predicted octanol–water partition coefficient (Wildman–Crippen LogP) is 4.79. The highest BCUT2D eigenvalue weighted by atomic mass is 19.4. The summed E-state index contributed by atoms with van der Waals surface area (Å²) in [5.41, 5.74) is 3.98. The maximum absolute atomic E-state index is 12.7. The number of carbonyl (C=O) groups excluding carboxylic acids is 1. The van der Waals surface area contributed by atoms with E-state index in [0.29, 0.717) is 23.4 Å². The summed E-state index contributed by atoms with van der Waals surface area (Å²) in [7, 11) is 0. The lowest BCUT2D eigenvalue weighted by molar-refractivity contribution is -0.274. The molecule has 0 bridgehead atoms. The van der Waals surface area contributed by atoms with Crippen molar-refractivity contribution in [3.05, 3.63) is 83.0 Å². The molecule has 8 heteroatoms. The summed E-state index contributed by atoms with van der Waals surface area (Å²) in [4.78, 5) is 16.9. The van der Waals surface area contributed by atoms with Crippen molar-refractivity contribution < 1.29 is 22.7 Å². The molecule has 2 aromatic carbocycles. The van der Waals surface area contributed by atoms with Gasteiger partial charge in [0.1, 0.15) is 11.6 Å². The number of amides is 1. The van der Waals surface area contributed by atoms with Gasteiger partial charge in [-0.25, -0.2) is 4.98 Å². The Kier molecular flexibility index (Phi) is 5.31. The maximum Gasteiger partial charge on any atom is 0.573 e. The molecule has 1 aliphatic heterocycles. The van der Waals surface area contributed by atoms with Gasteiger partial charge in [0.2, 0.25) is 0 Å². The van der Waals surface area contributed by atoms with Crippen LogP contribution in [0.5, 0.6) is 5.75 Å². The van der Waals surface area contributed by atoms with Gasteiger partial charge in [-0.3, -0.25) is 4.79 Å². The molecular weight excluding hydrogens is 395 g/mol. The molecule has 0 saturated carbocycles. The Bertz CT molecular complexity index is 1080. The predicted molar refractivity (Wildman–Crippen MR) is 107 cm³/mol. The van der Waals surface area contributed by atoms with E-state index in [1.807, 2.05) is 12.1 Å². The number of rotatable bonds is 5. The van der Waals surface area contributed by atoms with Gasteiger partial charge in [0, 0.05) is 24.0 Å². The highest BCUT2D eigenvalue weighted by Crippen LogP contribution is 2.27. The van der Waals surface area contributed by atoms with Crippen LogP contribution in [0.3, 0.4) is 0 Å². The lowest BCUT2D eigenvalue weighted by atomic mass is 10.0. The lowest BCUT2D eigenvalue weighted by Crippen LogP contribution is -2.17. The van der Waals surface area contributed by atoms with E-state index in [4.69, 9.17) is 0 Å². The molecule has 0 aliphatic carbocycles.